The van der Waals surface area contributed by atoms with Gasteiger partial charge in [0.05, 0.1) is 23.3 Å². The molecule has 0 saturated heterocycles. The molecule has 0 aliphatic rings. The minimum absolute atomic E-state index is 0.0242. The highest BCUT2D eigenvalue weighted by atomic mass is 19.1. The van der Waals surface area contributed by atoms with Crippen molar-refractivity contribution < 1.29 is 23.8 Å². The Morgan fingerprint density at radius 1 is 1.18 bits per heavy atom. The molecule has 0 spiro atoms. The van der Waals surface area contributed by atoms with Crippen LogP contribution in [0.15, 0.2) is 59.7 Å². The Morgan fingerprint density at radius 2 is 2.00 bits per heavy atom. The van der Waals surface area contributed by atoms with Crippen LogP contribution in [0.5, 0.6) is 17.2 Å². The van der Waals surface area contributed by atoms with E-state index in [0.29, 0.717) is 5.52 Å². The Bertz CT molecular complexity index is 1250. The third-order valence-electron chi connectivity index (χ3n) is 3.71. The maximum atomic E-state index is 13.7. The highest BCUT2D eigenvalue weighted by molar-refractivity contribution is 5.79. The van der Waals surface area contributed by atoms with Crippen LogP contribution < -0.4 is 15.0 Å². The van der Waals surface area contributed by atoms with Gasteiger partial charge in [0.1, 0.15) is 5.75 Å². The lowest BCUT2D eigenvalue weighted by Crippen LogP contribution is -2.13. The van der Waals surface area contributed by atoms with E-state index in [0.717, 1.165) is 0 Å². The fourth-order valence-electron chi connectivity index (χ4n) is 2.51. The van der Waals surface area contributed by atoms with Crippen LogP contribution in [0.25, 0.3) is 16.9 Å². The van der Waals surface area contributed by atoms with Gasteiger partial charge in [0.25, 0.3) is 5.56 Å². The van der Waals surface area contributed by atoms with Crippen LogP contribution in [-0.4, -0.2) is 31.0 Å². The summed E-state index contributed by atoms with van der Waals surface area (Å²) in [5.41, 5.74) is -0.133. The van der Waals surface area contributed by atoms with Crippen molar-refractivity contribution in [2.24, 2.45) is 0 Å². The fraction of sp³-hybridized carbons (Fsp3) is 0. The van der Waals surface area contributed by atoms with Crippen molar-refractivity contribution in [1.82, 2.24) is 19.7 Å². The molecule has 0 saturated carbocycles. The van der Waals surface area contributed by atoms with Gasteiger partial charge in [0, 0.05) is 0 Å². The number of hydrogen-bond acceptors (Lipinski definition) is 6. The number of carbonyl (C=O) groups is 1. The first-order chi connectivity index (χ1) is 13.5. The van der Waals surface area contributed by atoms with Gasteiger partial charge in [-0.3, -0.25) is 9.78 Å². The van der Waals surface area contributed by atoms with Crippen LogP contribution in [0.2, 0.25) is 0 Å². The maximum Gasteiger partial charge on any atom is 0.511 e. The van der Waals surface area contributed by atoms with Crippen molar-refractivity contribution in [3.8, 4) is 23.2 Å². The lowest BCUT2D eigenvalue weighted by atomic mass is 10.2. The van der Waals surface area contributed by atoms with Crippen LogP contribution in [0.3, 0.4) is 0 Å². The summed E-state index contributed by atoms with van der Waals surface area (Å²) >= 11 is 0. The van der Waals surface area contributed by atoms with Crippen LogP contribution in [0, 0.1) is 5.82 Å². The van der Waals surface area contributed by atoms with Crippen LogP contribution in [0.4, 0.5) is 9.18 Å². The molecule has 2 aromatic heterocycles. The van der Waals surface area contributed by atoms with Gasteiger partial charge in [-0.2, -0.15) is 5.10 Å². The van der Waals surface area contributed by atoms with E-state index in [1.54, 1.807) is 24.3 Å². The molecule has 2 aromatic carbocycles. The summed E-state index contributed by atoms with van der Waals surface area (Å²) in [6, 6.07) is 10.4. The minimum atomic E-state index is -1.48. The number of aromatic amines is 1. The number of aromatic nitrogens is 4. The summed E-state index contributed by atoms with van der Waals surface area (Å²) < 4.78 is 24.9. The molecule has 0 bridgehead atoms. The Kier molecular flexibility index (Phi) is 4.20. The highest BCUT2D eigenvalue weighted by Gasteiger charge is 2.11. The molecule has 0 radical (unpaired) electrons. The number of H-pyrrole nitrogens is 1. The Balaban J connectivity index is 1.68. The monoisotopic (exact) mass is 382 g/mol. The van der Waals surface area contributed by atoms with Crippen LogP contribution in [-0.2, 0) is 0 Å². The summed E-state index contributed by atoms with van der Waals surface area (Å²) in [5, 5.41) is 12.7. The first-order valence-corrected chi connectivity index (χ1v) is 7.92. The zero-order valence-corrected chi connectivity index (χ0v) is 14.0. The van der Waals surface area contributed by atoms with E-state index in [4.69, 9.17) is 9.84 Å². The summed E-state index contributed by atoms with van der Waals surface area (Å²) in [7, 11) is 0. The molecular weight excluding hydrogens is 371 g/mol. The number of para-hydroxylation sites is 1. The first kappa shape index (κ1) is 17.2. The van der Waals surface area contributed by atoms with Crippen molar-refractivity contribution in [1.29, 1.82) is 0 Å². The molecule has 140 valence electrons. The first-order valence-electron chi connectivity index (χ1n) is 7.92. The quantitative estimate of drug-likeness (QED) is 0.521. The fourth-order valence-corrected chi connectivity index (χ4v) is 2.51. The Hall–Kier alpha value is -4.21. The van der Waals surface area contributed by atoms with E-state index in [1.807, 2.05) is 0 Å². The Morgan fingerprint density at radius 3 is 2.79 bits per heavy atom. The molecular formula is C18H11FN4O5. The van der Waals surface area contributed by atoms with Gasteiger partial charge in [-0.05, 0) is 30.3 Å². The number of nitrogens with one attached hydrogen (secondary N) is 1. The number of hydrogen-bond donors (Lipinski definition) is 2. The van der Waals surface area contributed by atoms with Crippen molar-refractivity contribution in [2.45, 2.75) is 0 Å². The lowest BCUT2D eigenvalue weighted by Gasteiger charge is -2.08. The summed E-state index contributed by atoms with van der Waals surface area (Å²) in [4.78, 5) is 29.8. The Labute approximate surface area is 155 Å². The molecule has 10 heteroatoms. The van der Waals surface area contributed by atoms with Gasteiger partial charge in [-0.15, -0.1) is 0 Å². The van der Waals surface area contributed by atoms with E-state index >= 15 is 0 Å². The second-order valence-electron chi connectivity index (χ2n) is 5.59. The molecule has 0 fully saturated rings. The third kappa shape index (κ3) is 3.38. The second kappa shape index (κ2) is 6.83. The number of benzene rings is 2. The number of fused-ring (bicyclic) bond motifs is 1. The average Bonchev–Trinajstić information content (AvgIpc) is 3.12. The predicted octanol–water partition coefficient (Wildman–Crippen LogP) is 3.10. The SMILES string of the molecule is O=C(O)Oc1cnn(-c2nc3ccc(Oc4ccccc4F)cc3c(=O)[nH]2)c1. The number of halogens is 1. The van der Waals surface area contributed by atoms with Gasteiger partial charge >= 0.3 is 6.16 Å². The molecule has 4 aromatic rings. The van der Waals surface area contributed by atoms with Crippen molar-refractivity contribution in [3.05, 3.63) is 71.0 Å². The lowest BCUT2D eigenvalue weighted by molar-refractivity contribution is 0.144. The molecule has 0 aliphatic heterocycles. The zero-order valence-electron chi connectivity index (χ0n) is 14.0. The predicted molar refractivity (Wildman–Crippen MR) is 94.6 cm³/mol. The largest absolute Gasteiger partial charge is 0.511 e. The summed E-state index contributed by atoms with van der Waals surface area (Å²) in [6.45, 7) is 0. The van der Waals surface area contributed by atoms with E-state index < -0.39 is 17.5 Å². The number of rotatable bonds is 4. The van der Waals surface area contributed by atoms with Crippen molar-refractivity contribution in [2.75, 3.05) is 0 Å². The summed E-state index contributed by atoms with van der Waals surface area (Å²) in [5.74, 6) is -0.174. The zero-order chi connectivity index (χ0) is 19.7. The van der Waals surface area contributed by atoms with Gasteiger partial charge in [0.15, 0.2) is 17.3 Å². The second-order valence-corrected chi connectivity index (χ2v) is 5.59. The van der Waals surface area contributed by atoms with E-state index in [9.17, 15) is 14.0 Å². The molecule has 28 heavy (non-hydrogen) atoms. The highest BCUT2D eigenvalue weighted by Crippen LogP contribution is 2.26. The number of nitrogens with zero attached hydrogens (tertiary/aromatic N) is 3. The van der Waals surface area contributed by atoms with Gasteiger partial charge < -0.3 is 14.6 Å². The maximum absolute atomic E-state index is 13.7. The van der Waals surface area contributed by atoms with Crippen molar-refractivity contribution in [3.63, 3.8) is 0 Å². The number of ether oxygens (including phenoxy) is 2. The molecule has 0 aliphatic carbocycles. The standard InChI is InChI=1S/C18H11FN4O5/c19-13-3-1-2-4-15(13)27-10-5-6-14-12(7-10)16(24)22-17(21-14)23-9-11(8-20-23)28-18(25)26/h1-9H,(H,25,26)(H,21,22,24). The van der Waals surface area contributed by atoms with Crippen LogP contribution >= 0.6 is 0 Å². The van der Waals surface area contributed by atoms with E-state index in [1.165, 1.54) is 35.3 Å². The van der Waals surface area contributed by atoms with Gasteiger partial charge in [-0.1, -0.05) is 12.1 Å². The number of carboxylic acid groups (broad SMARTS) is 1. The van der Waals surface area contributed by atoms with E-state index in [2.05, 4.69) is 19.8 Å². The molecule has 0 amide bonds. The molecule has 2 N–H and O–H groups in total. The molecule has 9 nitrogen and oxygen atoms in total. The van der Waals surface area contributed by atoms with Gasteiger partial charge in [-0.25, -0.2) is 18.9 Å². The molecule has 4 rings (SSSR count). The topological polar surface area (TPSA) is 119 Å². The third-order valence-corrected chi connectivity index (χ3v) is 3.71. The average molecular weight is 382 g/mol. The van der Waals surface area contributed by atoms with E-state index in [-0.39, 0.29) is 28.6 Å². The minimum Gasteiger partial charge on any atom is -0.454 e. The summed E-state index contributed by atoms with van der Waals surface area (Å²) in [6.07, 6.45) is 0.944. The molecule has 0 atom stereocenters. The molecule has 2 heterocycles. The van der Waals surface area contributed by atoms with Gasteiger partial charge in [0.2, 0.25) is 5.95 Å². The molecule has 0 unspecified atom stereocenters. The normalized spacial score (nSPS) is 10.8. The van der Waals surface area contributed by atoms with Crippen molar-refractivity contribution >= 4 is 17.1 Å². The van der Waals surface area contributed by atoms with Crippen LogP contribution in [0.1, 0.15) is 0 Å². The smallest absolute Gasteiger partial charge is 0.454 e.